The molecule has 0 aliphatic carbocycles. The van der Waals surface area contributed by atoms with Crippen molar-refractivity contribution in [1.82, 2.24) is 0 Å². The minimum absolute atomic E-state index is 0.0486. The lowest BCUT2D eigenvalue weighted by atomic mass is 9.91. The predicted molar refractivity (Wildman–Crippen MR) is 61.0 cm³/mol. The third-order valence-electron chi connectivity index (χ3n) is 1.67. The van der Waals surface area contributed by atoms with Crippen LogP contribution in [0.5, 0.6) is 0 Å². The van der Waals surface area contributed by atoms with E-state index in [2.05, 4.69) is 4.74 Å². The van der Waals surface area contributed by atoms with Gasteiger partial charge in [0.15, 0.2) is 0 Å². The fraction of sp³-hybridized carbons (Fsp3) is 0.833. The Morgan fingerprint density at radius 1 is 1.00 bits per heavy atom. The lowest BCUT2D eigenvalue weighted by Crippen LogP contribution is -2.26. The number of carbonyl (C=O) groups excluding carboxylic acids is 2. The summed E-state index contributed by atoms with van der Waals surface area (Å²) >= 11 is 0. The first-order chi connectivity index (χ1) is 6.99. The molecule has 0 aliphatic heterocycles. The lowest BCUT2D eigenvalue weighted by molar-refractivity contribution is -0.142. The highest BCUT2D eigenvalue weighted by Crippen LogP contribution is 2.20. The van der Waals surface area contributed by atoms with Crippen LogP contribution >= 0.6 is 0 Å². The van der Waals surface area contributed by atoms with Crippen molar-refractivity contribution in [1.29, 1.82) is 0 Å². The third-order valence-corrected chi connectivity index (χ3v) is 1.67. The zero-order chi connectivity index (χ0) is 13.0. The summed E-state index contributed by atoms with van der Waals surface area (Å²) in [5.41, 5.74) is -0.589. The smallest absolute Gasteiger partial charge is 0.428 e. The highest BCUT2D eigenvalue weighted by Gasteiger charge is 2.21. The second-order valence-electron chi connectivity index (χ2n) is 6.00. The summed E-state index contributed by atoms with van der Waals surface area (Å²) in [7, 11) is 0. The van der Waals surface area contributed by atoms with E-state index in [0.29, 0.717) is 6.42 Å². The van der Waals surface area contributed by atoms with E-state index >= 15 is 0 Å². The molecule has 0 N–H and O–H groups in total. The Labute approximate surface area is 97.3 Å². The minimum atomic E-state index is -0.925. The van der Waals surface area contributed by atoms with Crippen LogP contribution in [0.4, 0.5) is 4.79 Å². The van der Waals surface area contributed by atoms with E-state index in [1.54, 1.807) is 20.8 Å². The molecule has 0 aromatic rings. The van der Waals surface area contributed by atoms with Gasteiger partial charge < -0.3 is 9.47 Å². The van der Waals surface area contributed by atoms with Crippen LogP contribution in [0.1, 0.15) is 54.4 Å². The average molecular weight is 230 g/mol. The molecule has 0 bridgehead atoms. The zero-order valence-electron chi connectivity index (χ0n) is 11.0. The molecule has 0 rings (SSSR count). The Kier molecular flexibility index (Phi) is 4.97. The van der Waals surface area contributed by atoms with Crippen LogP contribution in [0.2, 0.25) is 0 Å². The summed E-state index contributed by atoms with van der Waals surface area (Å²) in [4.78, 5) is 22.4. The second-order valence-corrected chi connectivity index (χ2v) is 6.00. The van der Waals surface area contributed by atoms with Gasteiger partial charge >= 0.3 is 12.1 Å². The number of ether oxygens (including phenoxy) is 2. The predicted octanol–water partition coefficient (Wildman–Crippen LogP) is 3.29. The van der Waals surface area contributed by atoms with Crippen molar-refractivity contribution in [3.8, 4) is 0 Å². The molecule has 0 unspecified atom stereocenters. The molecule has 0 amide bonds. The molecule has 0 saturated heterocycles. The van der Waals surface area contributed by atoms with Gasteiger partial charge in [-0.25, -0.2) is 4.79 Å². The van der Waals surface area contributed by atoms with E-state index in [1.807, 2.05) is 20.8 Å². The lowest BCUT2D eigenvalue weighted by Gasteiger charge is -2.19. The molecular weight excluding hydrogens is 208 g/mol. The van der Waals surface area contributed by atoms with Gasteiger partial charge in [-0.2, -0.15) is 0 Å². The van der Waals surface area contributed by atoms with Crippen molar-refractivity contribution in [2.24, 2.45) is 5.41 Å². The Balaban J connectivity index is 3.93. The molecule has 94 valence electrons. The van der Waals surface area contributed by atoms with E-state index in [4.69, 9.17) is 4.74 Å². The maximum absolute atomic E-state index is 11.3. The van der Waals surface area contributed by atoms with Gasteiger partial charge in [-0.1, -0.05) is 20.8 Å². The van der Waals surface area contributed by atoms with Gasteiger partial charge in [0.25, 0.3) is 0 Å². The Morgan fingerprint density at radius 2 is 1.50 bits per heavy atom. The van der Waals surface area contributed by atoms with E-state index in [-0.39, 0.29) is 11.8 Å². The molecule has 0 aromatic heterocycles. The average Bonchev–Trinajstić information content (AvgIpc) is 1.95. The van der Waals surface area contributed by atoms with Crippen molar-refractivity contribution in [2.75, 3.05) is 0 Å². The highest BCUT2D eigenvalue weighted by molar-refractivity contribution is 5.81. The Morgan fingerprint density at radius 3 is 1.88 bits per heavy atom. The monoisotopic (exact) mass is 230 g/mol. The largest absolute Gasteiger partial charge is 0.516 e. The molecule has 16 heavy (non-hydrogen) atoms. The van der Waals surface area contributed by atoms with E-state index in [1.165, 1.54) is 0 Å². The van der Waals surface area contributed by atoms with Crippen LogP contribution in [0.25, 0.3) is 0 Å². The van der Waals surface area contributed by atoms with E-state index in [0.717, 1.165) is 0 Å². The first-order valence-electron chi connectivity index (χ1n) is 5.43. The van der Waals surface area contributed by atoms with E-state index < -0.39 is 17.7 Å². The van der Waals surface area contributed by atoms with Crippen molar-refractivity contribution in [2.45, 2.75) is 60.0 Å². The van der Waals surface area contributed by atoms with Gasteiger partial charge in [0, 0.05) is 6.42 Å². The molecule has 0 fully saturated rings. The van der Waals surface area contributed by atoms with Crippen LogP contribution < -0.4 is 0 Å². The van der Waals surface area contributed by atoms with Gasteiger partial charge in [-0.05, 0) is 32.6 Å². The topological polar surface area (TPSA) is 52.6 Å². The van der Waals surface area contributed by atoms with Gasteiger partial charge in [0.2, 0.25) is 0 Å². The van der Waals surface area contributed by atoms with Crippen LogP contribution in [0, 0.1) is 5.41 Å². The maximum atomic E-state index is 11.3. The normalized spacial score (nSPS) is 12.1. The molecule has 0 saturated carbocycles. The third kappa shape index (κ3) is 9.49. The number of hydrogen-bond donors (Lipinski definition) is 0. The van der Waals surface area contributed by atoms with Gasteiger partial charge in [-0.3, -0.25) is 4.79 Å². The highest BCUT2D eigenvalue weighted by atomic mass is 16.7. The van der Waals surface area contributed by atoms with Gasteiger partial charge in [-0.15, -0.1) is 0 Å². The van der Waals surface area contributed by atoms with Crippen molar-refractivity contribution < 1.29 is 19.1 Å². The molecule has 0 heterocycles. The molecule has 0 atom stereocenters. The Hall–Kier alpha value is -1.06. The van der Waals surface area contributed by atoms with Gasteiger partial charge in [0.05, 0.1) is 0 Å². The number of rotatable bonds is 2. The van der Waals surface area contributed by atoms with Crippen LogP contribution in [-0.2, 0) is 14.3 Å². The fourth-order valence-corrected chi connectivity index (χ4v) is 0.892. The molecular formula is C12H22O4. The summed E-state index contributed by atoms with van der Waals surface area (Å²) in [5, 5.41) is 0. The molecule has 0 radical (unpaired) electrons. The molecule has 0 aromatic carbocycles. The van der Waals surface area contributed by atoms with Crippen molar-refractivity contribution >= 4 is 12.1 Å². The summed E-state index contributed by atoms with van der Waals surface area (Å²) in [5.74, 6) is -0.538. The van der Waals surface area contributed by atoms with Crippen molar-refractivity contribution in [3.63, 3.8) is 0 Å². The summed E-state index contributed by atoms with van der Waals surface area (Å²) in [6.07, 6.45) is -0.0244. The number of carbonyl (C=O) groups is 2. The quantitative estimate of drug-likeness (QED) is 0.539. The second kappa shape index (κ2) is 5.32. The van der Waals surface area contributed by atoms with Crippen LogP contribution in [0.15, 0.2) is 0 Å². The molecule has 4 nitrogen and oxygen atoms in total. The number of hydrogen-bond acceptors (Lipinski definition) is 4. The van der Waals surface area contributed by atoms with E-state index in [9.17, 15) is 9.59 Å². The fourth-order valence-electron chi connectivity index (χ4n) is 0.892. The van der Waals surface area contributed by atoms with Crippen LogP contribution in [0.3, 0.4) is 0 Å². The first kappa shape index (κ1) is 14.9. The molecule has 0 spiro atoms. The first-order valence-corrected chi connectivity index (χ1v) is 5.43. The summed E-state index contributed by atoms with van der Waals surface area (Å²) < 4.78 is 9.38. The SMILES string of the molecule is CC(C)(C)CCC(=O)OC(=O)OC(C)(C)C. The van der Waals surface area contributed by atoms with Crippen LogP contribution in [-0.4, -0.2) is 17.7 Å². The maximum Gasteiger partial charge on any atom is 0.516 e. The Bertz CT molecular complexity index is 255. The standard InChI is InChI=1S/C12H22O4/c1-11(2,3)8-7-9(13)15-10(14)16-12(4,5)6/h7-8H2,1-6H3. The molecule has 0 aliphatic rings. The minimum Gasteiger partial charge on any atom is -0.428 e. The molecule has 4 heteroatoms. The zero-order valence-corrected chi connectivity index (χ0v) is 11.0. The van der Waals surface area contributed by atoms with Gasteiger partial charge in [0.1, 0.15) is 5.60 Å². The van der Waals surface area contributed by atoms with Crippen molar-refractivity contribution in [3.05, 3.63) is 0 Å². The number of esters is 1. The summed E-state index contributed by atoms with van der Waals surface area (Å²) in [6.45, 7) is 11.2. The summed E-state index contributed by atoms with van der Waals surface area (Å²) in [6, 6.07) is 0.